The number of hydrogen-bond acceptors (Lipinski definition) is 0. The van der Waals surface area contributed by atoms with E-state index >= 15 is 0 Å². The smallest absolute Gasteiger partial charge is 0.0443 e. The molecule has 0 saturated carbocycles. The molecule has 0 nitrogen and oxygen atoms in total. The Kier molecular flexibility index (Phi) is 13.4. The van der Waals surface area contributed by atoms with E-state index in [2.05, 4.69) is 27.7 Å². The van der Waals surface area contributed by atoms with Crippen molar-refractivity contribution in [2.24, 2.45) is 11.8 Å². The zero-order chi connectivity index (χ0) is 13.6. The molecule has 0 spiro atoms. The highest BCUT2D eigenvalue weighted by Gasteiger charge is 2.05. The van der Waals surface area contributed by atoms with Gasteiger partial charge in [0, 0.05) is 0 Å². The number of rotatable bonds is 13. The van der Waals surface area contributed by atoms with E-state index in [0.717, 1.165) is 11.8 Å². The molecular weight excluding hydrogens is 216 g/mol. The monoisotopic (exact) mass is 254 g/mol. The van der Waals surface area contributed by atoms with E-state index < -0.39 is 0 Å². The van der Waals surface area contributed by atoms with Gasteiger partial charge in [0.2, 0.25) is 0 Å². The molecule has 0 aromatic rings. The van der Waals surface area contributed by atoms with Crippen LogP contribution in [0.2, 0.25) is 0 Å². The lowest BCUT2D eigenvalue weighted by Crippen LogP contribution is -1.99. The summed E-state index contributed by atoms with van der Waals surface area (Å²) >= 11 is 0. The van der Waals surface area contributed by atoms with E-state index in [1.165, 1.54) is 77.0 Å². The second-order valence-electron chi connectivity index (χ2n) is 6.49. The van der Waals surface area contributed by atoms with Crippen molar-refractivity contribution in [3.05, 3.63) is 0 Å². The molecule has 0 aromatic heterocycles. The van der Waals surface area contributed by atoms with Gasteiger partial charge in [-0.25, -0.2) is 0 Å². The lowest BCUT2D eigenvalue weighted by molar-refractivity contribution is 0.394. The highest BCUT2D eigenvalue weighted by Crippen LogP contribution is 2.20. The van der Waals surface area contributed by atoms with Gasteiger partial charge in [0.15, 0.2) is 0 Å². The Labute approximate surface area is 117 Å². The minimum absolute atomic E-state index is 0.960. The fraction of sp³-hybridized carbons (Fsp3) is 1.00. The summed E-state index contributed by atoms with van der Waals surface area (Å²) in [5.74, 6) is 1.92. The molecule has 2 unspecified atom stereocenters. The third-order valence-corrected chi connectivity index (χ3v) is 4.24. The second-order valence-corrected chi connectivity index (χ2v) is 6.49. The molecule has 0 saturated heterocycles. The van der Waals surface area contributed by atoms with Crippen LogP contribution in [0.3, 0.4) is 0 Å². The van der Waals surface area contributed by atoms with Gasteiger partial charge < -0.3 is 0 Å². The Balaban J connectivity index is 3.28. The van der Waals surface area contributed by atoms with Crippen molar-refractivity contribution in [1.82, 2.24) is 0 Å². The van der Waals surface area contributed by atoms with E-state index in [0.29, 0.717) is 0 Å². The molecule has 0 fully saturated rings. The maximum Gasteiger partial charge on any atom is -0.0443 e. The zero-order valence-corrected chi connectivity index (χ0v) is 13.6. The van der Waals surface area contributed by atoms with Gasteiger partial charge in [-0.3, -0.25) is 0 Å². The molecule has 0 aliphatic carbocycles. The van der Waals surface area contributed by atoms with Gasteiger partial charge in [0.05, 0.1) is 0 Å². The first-order valence-corrected chi connectivity index (χ1v) is 8.70. The van der Waals surface area contributed by atoms with Crippen LogP contribution in [-0.2, 0) is 0 Å². The fourth-order valence-corrected chi connectivity index (χ4v) is 2.75. The van der Waals surface area contributed by atoms with E-state index in [1.54, 1.807) is 0 Å². The zero-order valence-electron chi connectivity index (χ0n) is 13.6. The molecule has 18 heavy (non-hydrogen) atoms. The van der Waals surface area contributed by atoms with Gasteiger partial charge in [-0.15, -0.1) is 0 Å². The van der Waals surface area contributed by atoms with Gasteiger partial charge >= 0.3 is 0 Å². The molecule has 0 N–H and O–H groups in total. The summed E-state index contributed by atoms with van der Waals surface area (Å²) < 4.78 is 0. The van der Waals surface area contributed by atoms with Crippen LogP contribution in [0, 0.1) is 11.8 Å². The molecule has 0 aliphatic rings. The summed E-state index contributed by atoms with van der Waals surface area (Å²) in [6.45, 7) is 9.48. The maximum atomic E-state index is 2.45. The average molecular weight is 255 g/mol. The summed E-state index contributed by atoms with van der Waals surface area (Å²) in [5, 5.41) is 0. The standard InChI is InChI=1S/C18H38/c1-5-7-9-10-11-14-18(4)16-12-15-17(3)13-8-6-2/h17-18H,5-16H2,1-4H3. The van der Waals surface area contributed by atoms with E-state index in [1.807, 2.05) is 0 Å². The molecule has 2 atom stereocenters. The largest absolute Gasteiger partial charge is 0.0654 e. The van der Waals surface area contributed by atoms with Crippen LogP contribution < -0.4 is 0 Å². The summed E-state index contributed by atoms with van der Waals surface area (Å²) in [4.78, 5) is 0. The SMILES string of the molecule is CCCCCCCC(C)CCCC(C)CCCC. The first kappa shape index (κ1) is 18.0. The molecule has 0 heteroatoms. The van der Waals surface area contributed by atoms with Crippen LogP contribution in [0.1, 0.15) is 105 Å². The molecule has 110 valence electrons. The molecular formula is C18H38. The van der Waals surface area contributed by atoms with Crippen molar-refractivity contribution in [3.63, 3.8) is 0 Å². The van der Waals surface area contributed by atoms with Crippen LogP contribution in [0.5, 0.6) is 0 Å². The summed E-state index contributed by atoms with van der Waals surface area (Å²) in [6.07, 6.45) is 17.3. The van der Waals surface area contributed by atoms with Gasteiger partial charge in [0.1, 0.15) is 0 Å². The van der Waals surface area contributed by atoms with Crippen LogP contribution in [-0.4, -0.2) is 0 Å². The van der Waals surface area contributed by atoms with Gasteiger partial charge in [-0.2, -0.15) is 0 Å². The molecule has 0 heterocycles. The number of hydrogen-bond donors (Lipinski definition) is 0. The van der Waals surface area contributed by atoms with E-state index in [4.69, 9.17) is 0 Å². The van der Waals surface area contributed by atoms with Crippen LogP contribution in [0.4, 0.5) is 0 Å². The topological polar surface area (TPSA) is 0 Å². The first-order valence-electron chi connectivity index (χ1n) is 8.70. The molecule has 0 radical (unpaired) electrons. The lowest BCUT2D eigenvalue weighted by Gasteiger charge is -2.14. The summed E-state index contributed by atoms with van der Waals surface area (Å²) in [6, 6.07) is 0. The Bertz CT molecular complexity index is 150. The lowest BCUT2D eigenvalue weighted by atomic mass is 9.92. The Hall–Kier alpha value is 0. The van der Waals surface area contributed by atoms with E-state index in [-0.39, 0.29) is 0 Å². The third kappa shape index (κ3) is 12.5. The van der Waals surface area contributed by atoms with Crippen LogP contribution >= 0.6 is 0 Å². The Morgan fingerprint density at radius 1 is 0.500 bits per heavy atom. The Morgan fingerprint density at radius 3 is 1.50 bits per heavy atom. The molecule has 0 amide bonds. The van der Waals surface area contributed by atoms with E-state index in [9.17, 15) is 0 Å². The van der Waals surface area contributed by atoms with Crippen molar-refractivity contribution < 1.29 is 0 Å². The number of unbranched alkanes of at least 4 members (excludes halogenated alkanes) is 5. The van der Waals surface area contributed by atoms with Crippen molar-refractivity contribution in [3.8, 4) is 0 Å². The van der Waals surface area contributed by atoms with Crippen LogP contribution in [0.15, 0.2) is 0 Å². The van der Waals surface area contributed by atoms with Crippen molar-refractivity contribution in [1.29, 1.82) is 0 Å². The minimum atomic E-state index is 0.960. The first-order chi connectivity index (χ1) is 8.70. The average Bonchev–Trinajstić information content (AvgIpc) is 2.36. The Morgan fingerprint density at radius 2 is 0.944 bits per heavy atom. The maximum absolute atomic E-state index is 2.45. The highest BCUT2D eigenvalue weighted by atomic mass is 14.1. The molecule has 0 aliphatic heterocycles. The van der Waals surface area contributed by atoms with Gasteiger partial charge in [-0.05, 0) is 11.8 Å². The summed E-state index contributed by atoms with van der Waals surface area (Å²) in [7, 11) is 0. The van der Waals surface area contributed by atoms with Gasteiger partial charge in [-0.1, -0.05) is 105 Å². The third-order valence-electron chi connectivity index (χ3n) is 4.24. The van der Waals surface area contributed by atoms with Crippen molar-refractivity contribution in [2.45, 2.75) is 105 Å². The summed E-state index contributed by atoms with van der Waals surface area (Å²) in [5.41, 5.74) is 0. The minimum Gasteiger partial charge on any atom is -0.0654 e. The fourth-order valence-electron chi connectivity index (χ4n) is 2.75. The predicted molar refractivity (Wildman–Crippen MR) is 85.1 cm³/mol. The second kappa shape index (κ2) is 13.4. The van der Waals surface area contributed by atoms with Crippen molar-refractivity contribution >= 4 is 0 Å². The predicted octanol–water partition coefficient (Wildman–Crippen LogP) is 6.98. The van der Waals surface area contributed by atoms with Crippen LogP contribution in [0.25, 0.3) is 0 Å². The quantitative estimate of drug-likeness (QED) is 0.311. The van der Waals surface area contributed by atoms with Gasteiger partial charge in [0.25, 0.3) is 0 Å². The normalized spacial score (nSPS) is 14.7. The van der Waals surface area contributed by atoms with Crippen molar-refractivity contribution in [2.75, 3.05) is 0 Å². The molecule has 0 bridgehead atoms. The highest BCUT2D eigenvalue weighted by molar-refractivity contribution is 4.58. The molecule has 0 rings (SSSR count). The molecule has 0 aromatic carbocycles.